The molecule has 4 rings (SSSR count). The Kier molecular flexibility index (Phi) is 5.27. The van der Waals surface area contributed by atoms with E-state index in [0.29, 0.717) is 17.1 Å². The Bertz CT molecular complexity index is 1120. The summed E-state index contributed by atoms with van der Waals surface area (Å²) in [5.41, 5.74) is 4.31. The van der Waals surface area contributed by atoms with Crippen molar-refractivity contribution in [3.63, 3.8) is 0 Å². The second kappa shape index (κ2) is 8.02. The van der Waals surface area contributed by atoms with Crippen LogP contribution in [0.4, 0.5) is 11.4 Å². The average molecular weight is 404 g/mol. The molecule has 1 heterocycles. The van der Waals surface area contributed by atoms with Crippen LogP contribution < -0.4 is 15.4 Å². The first-order valence-corrected chi connectivity index (χ1v) is 9.88. The van der Waals surface area contributed by atoms with Crippen molar-refractivity contribution in [2.45, 2.75) is 26.7 Å². The summed E-state index contributed by atoms with van der Waals surface area (Å²) >= 11 is 0. The summed E-state index contributed by atoms with van der Waals surface area (Å²) in [5, 5.41) is 10.2. The van der Waals surface area contributed by atoms with Crippen LogP contribution in [-0.2, 0) is 4.79 Å². The number of amides is 2. The van der Waals surface area contributed by atoms with Gasteiger partial charge in [0.1, 0.15) is 11.4 Å². The van der Waals surface area contributed by atoms with Gasteiger partial charge in [-0.2, -0.15) is 5.10 Å². The lowest BCUT2D eigenvalue weighted by molar-refractivity contribution is -0.117. The summed E-state index contributed by atoms with van der Waals surface area (Å²) in [6.45, 7) is 3.89. The van der Waals surface area contributed by atoms with Crippen LogP contribution in [0.15, 0.2) is 48.7 Å². The Morgan fingerprint density at radius 3 is 2.60 bits per heavy atom. The first-order valence-electron chi connectivity index (χ1n) is 9.88. The highest BCUT2D eigenvalue weighted by molar-refractivity contribution is 6.04. The molecule has 1 fully saturated rings. The zero-order chi connectivity index (χ0) is 21.3. The number of carbonyl (C=O) groups excluding carboxylic acids is 2. The molecule has 30 heavy (non-hydrogen) atoms. The third kappa shape index (κ3) is 4.20. The number of hydrogen-bond acceptors (Lipinski definition) is 4. The van der Waals surface area contributed by atoms with E-state index in [1.807, 2.05) is 44.2 Å². The van der Waals surface area contributed by atoms with Crippen LogP contribution in [-0.4, -0.2) is 28.7 Å². The zero-order valence-electron chi connectivity index (χ0n) is 17.2. The Hall–Kier alpha value is -3.61. The number of anilines is 2. The molecule has 1 aliphatic carbocycles. The van der Waals surface area contributed by atoms with E-state index in [2.05, 4.69) is 15.7 Å². The molecule has 1 aliphatic rings. The van der Waals surface area contributed by atoms with Crippen LogP contribution in [0.5, 0.6) is 5.75 Å². The summed E-state index contributed by atoms with van der Waals surface area (Å²) in [7, 11) is 1.60. The number of carbonyl (C=O) groups is 2. The van der Waals surface area contributed by atoms with Gasteiger partial charge in [0.05, 0.1) is 7.11 Å². The zero-order valence-corrected chi connectivity index (χ0v) is 17.2. The van der Waals surface area contributed by atoms with Gasteiger partial charge in [-0.15, -0.1) is 0 Å². The lowest BCUT2D eigenvalue weighted by Crippen LogP contribution is -2.16. The van der Waals surface area contributed by atoms with Gasteiger partial charge in [0.15, 0.2) is 5.69 Å². The molecule has 0 saturated heterocycles. The molecule has 7 nitrogen and oxygen atoms in total. The molecule has 0 spiro atoms. The number of nitrogens with one attached hydrogen (secondary N) is 2. The van der Waals surface area contributed by atoms with E-state index in [0.717, 1.165) is 29.7 Å². The minimum absolute atomic E-state index is 0.0296. The highest BCUT2D eigenvalue weighted by atomic mass is 16.5. The summed E-state index contributed by atoms with van der Waals surface area (Å²) in [6.07, 6.45) is 3.61. The predicted octanol–water partition coefficient (Wildman–Crippen LogP) is 4.10. The molecule has 7 heteroatoms. The summed E-state index contributed by atoms with van der Waals surface area (Å²) in [6, 6.07) is 12.9. The van der Waals surface area contributed by atoms with Gasteiger partial charge in [0, 0.05) is 23.5 Å². The van der Waals surface area contributed by atoms with E-state index in [1.54, 1.807) is 30.1 Å². The number of benzene rings is 2. The van der Waals surface area contributed by atoms with Crippen molar-refractivity contribution in [1.29, 1.82) is 0 Å². The molecule has 1 aromatic heterocycles. The Morgan fingerprint density at radius 2 is 1.87 bits per heavy atom. The predicted molar refractivity (Wildman–Crippen MR) is 115 cm³/mol. The van der Waals surface area contributed by atoms with Crippen molar-refractivity contribution in [3.05, 3.63) is 65.5 Å². The van der Waals surface area contributed by atoms with Gasteiger partial charge in [-0.05, 0) is 68.1 Å². The summed E-state index contributed by atoms with van der Waals surface area (Å²) < 4.78 is 7.03. The van der Waals surface area contributed by atoms with Crippen LogP contribution in [0.1, 0.15) is 34.5 Å². The standard InChI is InChI=1S/C23H24N4O3/c1-14-4-9-21(30-3)20(12-14)27-11-10-18(26-27)23(29)25-19-13-17(8-5-15(19)2)24-22(28)16-6-7-16/h4-5,8-13,16H,6-7H2,1-3H3,(H,24,28)(H,25,29). The van der Waals surface area contributed by atoms with Crippen molar-refractivity contribution in [2.75, 3.05) is 17.7 Å². The molecule has 3 aromatic rings. The molecule has 0 aliphatic heterocycles. The van der Waals surface area contributed by atoms with E-state index in [-0.39, 0.29) is 23.4 Å². The highest BCUT2D eigenvalue weighted by Gasteiger charge is 2.29. The van der Waals surface area contributed by atoms with E-state index in [9.17, 15) is 9.59 Å². The van der Waals surface area contributed by atoms with Gasteiger partial charge in [-0.3, -0.25) is 9.59 Å². The van der Waals surface area contributed by atoms with Crippen molar-refractivity contribution >= 4 is 23.2 Å². The molecule has 154 valence electrons. The number of aryl methyl sites for hydroxylation is 2. The highest BCUT2D eigenvalue weighted by Crippen LogP contribution is 2.31. The monoisotopic (exact) mass is 404 g/mol. The number of ether oxygens (including phenoxy) is 1. The first kappa shape index (κ1) is 19.7. The maximum atomic E-state index is 12.8. The minimum Gasteiger partial charge on any atom is -0.494 e. The Morgan fingerprint density at radius 1 is 1.07 bits per heavy atom. The van der Waals surface area contributed by atoms with Gasteiger partial charge >= 0.3 is 0 Å². The average Bonchev–Trinajstić information content (AvgIpc) is 3.47. The van der Waals surface area contributed by atoms with Gasteiger partial charge in [0.2, 0.25) is 5.91 Å². The fourth-order valence-electron chi connectivity index (χ4n) is 3.17. The molecule has 1 saturated carbocycles. The maximum Gasteiger partial charge on any atom is 0.276 e. The lowest BCUT2D eigenvalue weighted by atomic mass is 10.1. The smallest absolute Gasteiger partial charge is 0.276 e. The van der Waals surface area contributed by atoms with E-state index in [4.69, 9.17) is 4.74 Å². The van der Waals surface area contributed by atoms with Crippen LogP contribution in [0.3, 0.4) is 0 Å². The topological polar surface area (TPSA) is 85.2 Å². The molecule has 0 unspecified atom stereocenters. The fraction of sp³-hybridized carbons (Fsp3) is 0.261. The minimum atomic E-state index is -0.325. The summed E-state index contributed by atoms with van der Waals surface area (Å²) in [5.74, 6) is 0.494. The number of methoxy groups -OCH3 is 1. The third-order valence-corrected chi connectivity index (χ3v) is 5.10. The first-order chi connectivity index (χ1) is 14.4. The molecule has 0 radical (unpaired) electrons. The normalized spacial score (nSPS) is 13.0. The van der Waals surface area contributed by atoms with Crippen LogP contribution in [0, 0.1) is 19.8 Å². The van der Waals surface area contributed by atoms with Gasteiger partial charge in [-0.1, -0.05) is 12.1 Å². The second-order valence-electron chi connectivity index (χ2n) is 7.57. The number of nitrogens with zero attached hydrogens (tertiary/aromatic N) is 2. The van der Waals surface area contributed by atoms with Crippen molar-refractivity contribution in [1.82, 2.24) is 9.78 Å². The van der Waals surface area contributed by atoms with E-state index >= 15 is 0 Å². The quantitative estimate of drug-likeness (QED) is 0.648. The molecule has 2 aromatic carbocycles. The summed E-state index contributed by atoms with van der Waals surface area (Å²) in [4.78, 5) is 24.8. The molecular formula is C23H24N4O3. The van der Waals surface area contributed by atoms with Crippen LogP contribution >= 0.6 is 0 Å². The van der Waals surface area contributed by atoms with E-state index < -0.39 is 0 Å². The SMILES string of the molecule is COc1ccc(C)cc1-n1ccc(C(=O)Nc2cc(NC(=O)C3CC3)ccc2C)n1. The molecule has 0 atom stereocenters. The van der Waals surface area contributed by atoms with Crippen molar-refractivity contribution < 1.29 is 14.3 Å². The van der Waals surface area contributed by atoms with Crippen molar-refractivity contribution in [2.24, 2.45) is 5.92 Å². The Labute approximate surface area is 175 Å². The van der Waals surface area contributed by atoms with Gasteiger partial charge < -0.3 is 15.4 Å². The molecule has 2 amide bonds. The van der Waals surface area contributed by atoms with Crippen molar-refractivity contribution in [3.8, 4) is 11.4 Å². The third-order valence-electron chi connectivity index (χ3n) is 5.10. The fourth-order valence-corrected chi connectivity index (χ4v) is 3.17. The van der Waals surface area contributed by atoms with Crippen LogP contribution in [0.25, 0.3) is 5.69 Å². The lowest BCUT2D eigenvalue weighted by Gasteiger charge is -2.11. The number of aromatic nitrogens is 2. The van der Waals surface area contributed by atoms with E-state index in [1.165, 1.54) is 0 Å². The largest absolute Gasteiger partial charge is 0.494 e. The number of rotatable bonds is 6. The Balaban J connectivity index is 1.52. The number of hydrogen-bond donors (Lipinski definition) is 2. The van der Waals surface area contributed by atoms with Crippen LogP contribution in [0.2, 0.25) is 0 Å². The van der Waals surface area contributed by atoms with Gasteiger partial charge in [-0.25, -0.2) is 4.68 Å². The second-order valence-corrected chi connectivity index (χ2v) is 7.57. The maximum absolute atomic E-state index is 12.8. The molecule has 2 N–H and O–H groups in total. The molecular weight excluding hydrogens is 380 g/mol. The van der Waals surface area contributed by atoms with Gasteiger partial charge in [0.25, 0.3) is 5.91 Å². The molecule has 0 bridgehead atoms.